The van der Waals surface area contributed by atoms with E-state index in [9.17, 15) is 19.5 Å². The van der Waals surface area contributed by atoms with Gasteiger partial charge in [0.25, 0.3) is 5.91 Å². The van der Waals surface area contributed by atoms with E-state index in [1.54, 1.807) is 25.3 Å². The lowest BCUT2D eigenvalue weighted by Gasteiger charge is -2.31. The Morgan fingerprint density at radius 1 is 1.29 bits per heavy atom. The van der Waals surface area contributed by atoms with E-state index in [2.05, 4.69) is 17.2 Å². The number of benzene rings is 1. The topological polar surface area (TPSA) is 108 Å². The molecule has 1 aromatic carbocycles. The molecule has 28 heavy (non-hydrogen) atoms. The largest absolute Gasteiger partial charge is 0.508 e. The van der Waals surface area contributed by atoms with Gasteiger partial charge in [-0.15, -0.1) is 0 Å². The molecule has 1 saturated heterocycles. The van der Waals surface area contributed by atoms with Crippen molar-refractivity contribution in [3.05, 3.63) is 66.0 Å². The minimum atomic E-state index is -1.46. The van der Waals surface area contributed by atoms with Gasteiger partial charge in [0.05, 0.1) is 13.7 Å². The lowest BCUT2D eigenvalue weighted by Crippen LogP contribution is -2.52. The molecule has 0 spiro atoms. The van der Waals surface area contributed by atoms with Crippen molar-refractivity contribution in [1.29, 1.82) is 0 Å². The molecule has 4 amide bonds. The molecule has 8 heteroatoms. The monoisotopic (exact) mass is 385 g/mol. The maximum atomic E-state index is 12.6. The number of allylic oxidation sites excluding steroid dienone is 2. The molecule has 0 radical (unpaired) electrons. The van der Waals surface area contributed by atoms with Crippen LogP contribution in [0.3, 0.4) is 0 Å². The molecule has 0 aliphatic carbocycles. The van der Waals surface area contributed by atoms with E-state index in [1.807, 2.05) is 6.92 Å². The fourth-order valence-corrected chi connectivity index (χ4v) is 2.87. The van der Waals surface area contributed by atoms with Crippen LogP contribution >= 0.6 is 0 Å². The van der Waals surface area contributed by atoms with Crippen molar-refractivity contribution in [3.8, 4) is 5.75 Å². The second-order valence-electron chi connectivity index (χ2n) is 6.26. The lowest BCUT2D eigenvalue weighted by molar-refractivity contribution is -0.126. The number of hydrogen-bond acceptors (Lipinski definition) is 5. The van der Waals surface area contributed by atoms with E-state index in [1.165, 1.54) is 29.2 Å². The van der Waals surface area contributed by atoms with Crippen molar-refractivity contribution < 1.29 is 24.2 Å². The van der Waals surface area contributed by atoms with Crippen LogP contribution in [-0.4, -0.2) is 48.6 Å². The SMILES string of the molecule is C=C(/C=C\C(=C/C)OC)CN(C=O)C[C@@]1(c2ccc(O)cc2)NC(=O)NC1=O. The van der Waals surface area contributed by atoms with Crippen molar-refractivity contribution in [2.24, 2.45) is 0 Å². The number of phenolic OH excluding ortho intramolecular Hbond substituents is 1. The summed E-state index contributed by atoms with van der Waals surface area (Å²) < 4.78 is 5.13. The van der Waals surface area contributed by atoms with Crippen LogP contribution < -0.4 is 10.6 Å². The number of urea groups is 1. The van der Waals surface area contributed by atoms with Gasteiger partial charge in [-0.3, -0.25) is 14.9 Å². The molecule has 0 saturated carbocycles. The van der Waals surface area contributed by atoms with Gasteiger partial charge in [-0.2, -0.15) is 0 Å². The fraction of sp³-hybridized carbons (Fsp3) is 0.250. The van der Waals surface area contributed by atoms with E-state index in [4.69, 9.17) is 4.74 Å². The van der Waals surface area contributed by atoms with Gasteiger partial charge in [0.1, 0.15) is 11.5 Å². The molecule has 3 N–H and O–H groups in total. The summed E-state index contributed by atoms with van der Waals surface area (Å²) in [6.45, 7) is 5.77. The number of phenols is 1. The molecule has 0 bridgehead atoms. The van der Waals surface area contributed by atoms with E-state index in [0.717, 1.165) is 0 Å². The first-order chi connectivity index (χ1) is 13.3. The third-order valence-electron chi connectivity index (χ3n) is 4.30. The third-order valence-corrected chi connectivity index (χ3v) is 4.30. The molecule has 1 atom stereocenters. The number of imide groups is 1. The highest BCUT2D eigenvalue weighted by Crippen LogP contribution is 2.28. The first kappa shape index (κ1) is 20.8. The van der Waals surface area contributed by atoms with Crippen molar-refractivity contribution in [1.82, 2.24) is 15.5 Å². The summed E-state index contributed by atoms with van der Waals surface area (Å²) in [5, 5.41) is 14.3. The summed E-state index contributed by atoms with van der Waals surface area (Å²) in [7, 11) is 1.54. The Kier molecular flexibility index (Phi) is 6.59. The predicted molar refractivity (Wildman–Crippen MR) is 103 cm³/mol. The first-order valence-corrected chi connectivity index (χ1v) is 8.53. The Morgan fingerprint density at radius 2 is 1.96 bits per heavy atom. The number of carbonyl (C=O) groups excluding carboxylic acids is 3. The minimum Gasteiger partial charge on any atom is -0.508 e. The third kappa shape index (κ3) is 4.59. The standard InChI is InChI=1S/C20H23N3O5/c1-4-17(28-3)10-5-14(2)11-23(13-24)12-20(18(26)21-19(27)22-20)15-6-8-16(25)9-7-15/h4-10,13,25H,2,11-12H2,1,3H3,(H2,21,22,26,27)/b10-5-,17-4+/t20-/m0/s1. The Balaban J connectivity index is 2.24. The molecular formula is C20H23N3O5. The van der Waals surface area contributed by atoms with Gasteiger partial charge in [0, 0.05) is 6.54 Å². The Labute approximate surface area is 163 Å². The van der Waals surface area contributed by atoms with Gasteiger partial charge in [-0.25, -0.2) is 4.79 Å². The van der Waals surface area contributed by atoms with E-state index in [0.29, 0.717) is 23.3 Å². The molecule has 2 rings (SSSR count). The number of nitrogens with one attached hydrogen (secondary N) is 2. The summed E-state index contributed by atoms with van der Waals surface area (Å²) in [5.74, 6) is 0.0842. The number of nitrogens with zero attached hydrogens (tertiary/aromatic N) is 1. The normalized spacial score (nSPS) is 19.3. The van der Waals surface area contributed by atoms with Crippen LogP contribution in [0.5, 0.6) is 5.75 Å². The van der Waals surface area contributed by atoms with Crippen molar-refractivity contribution in [3.63, 3.8) is 0 Å². The highest BCUT2D eigenvalue weighted by molar-refractivity contribution is 6.07. The molecule has 1 fully saturated rings. The quantitative estimate of drug-likeness (QED) is 0.259. The number of methoxy groups -OCH3 is 1. The maximum absolute atomic E-state index is 12.6. The van der Waals surface area contributed by atoms with Crippen LogP contribution in [0.2, 0.25) is 0 Å². The van der Waals surface area contributed by atoms with E-state index >= 15 is 0 Å². The number of ether oxygens (including phenoxy) is 1. The Bertz CT molecular complexity index is 829. The van der Waals surface area contributed by atoms with Crippen LogP contribution in [0.1, 0.15) is 12.5 Å². The zero-order valence-corrected chi connectivity index (χ0v) is 15.8. The van der Waals surface area contributed by atoms with Crippen LogP contribution in [0.25, 0.3) is 0 Å². The van der Waals surface area contributed by atoms with Crippen LogP contribution in [0.4, 0.5) is 4.79 Å². The van der Waals surface area contributed by atoms with Crippen LogP contribution in [0, 0.1) is 0 Å². The molecule has 1 aliphatic rings. The van der Waals surface area contributed by atoms with Crippen molar-refractivity contribution in [2.75, 3.05) is 20.2 Å². The van der Waals surface area contributed by atoms with Gasteiger partial charge in [-0.05, 0) is 42.3 Å². The molecular weight excluding hydrogens is 362 g/mol. The average Bonchev–Trinajstić information content (AvgIpc) is 2.96. The lowest BCUT2D eigenvalue weighted by atomic mass is 9.89. The van der Waals surface area contributed by atoms with Gasteiger partial charge in [-0.1, -0.05) is 24.8 Å². The van der Waals surface area contributed by atoms with Crippen LogP contribution in [-0.2, 0) is 19.9 Å². The zero-order valence-electron chi connectivity index (χ0n) is 15.8. The average molecular weight is 385 g/mol. The second-order valence-corrected chi connectivity index (χ2v) is 6.26. The van der Waals surface area contributed by atoms with Gasteiger partial charge < -0.3 is 20.1 Å². The summed E-state index contributed by atoms with van der Waals surface area (Å²) in [4.78, 5) is 37.3. The number of amides is 4. The molecule has 1 heterocycles. The fourth-order valence-electron chi connectivity index (χ4n) is 2.87. The zero-order chi connectivity index (χ0) is 20.7. The summed E-state index contributed by atoms with van der Waals surface area (Å²) >= 11 is 0. The summed E-state index contributed by atoms with van der Waals surface area (Å²) in [5.41, 5.74) is -0.414. The van der Waals surface area contributed by atoms with E-state index in [-0.39, 0.29) is 18.8 Å². The van der Waals surface area contributed by atoms with Crippen LogP contribution in [0.15, 0.2) is 60.4 Å². The van der Waals surface area contributed by atoms with Gasteiger partial charge >= 0.3 is 6.03 Å². The summed E-state index contributed by atoms with van der Waals surface area (Å²) in [6, 6.07) is 5.21. The number of aromatic hydroxyl groups is 1. The number of rotatable bonds is 9. The number of carbonyl (C=O) groups is 3. The summed E-state index contributed by atoms with van der Waals surface area (Å²) in [6.07, 6.45) is 5.78. The molecule has 1 aliphatic heterocycles. The smallest absolute Gasteiger partial charge is 0.322 e. The first-order valence-electron chi connectivity index (χ1n) is 8.53. The molecule has 0 unspecified atom stereocenters. The number of hydrogen-bond donors (Lipinski definition) is 3. The van der Waals surface area contributed by atoms with Gasteiger partial charge in [0.15, 0.2) is 5.54 Å². The Hall–Kier alpha value is -3.55. The molecule has 148 valence electrons. The van der Waals surface area contributed by atoms with Crippen molar-refractivity contribution in [2.45, 2.75) is 12.5 Å². The molecule has 8 nitrogen and oxygen atoms in total. The van der Waals surface area contributed by atoms with E-state index < -0.39 is 17.5 Å². The highest BCUT2D eigenvalue weighted by Gasteiger charge is 2.48. The van der Waals surface area contributed by atoms with Crippen molar-refractivity contribution >= 4 is 18.3 Å². The minimum absolute atomic E-state index is 0.0207. The molecule has 0 aromatic heterocycles. The highest BCUT2D eigenvalue weighted by atomic mass is 16.5. The second kappa shape index (κ2) is 8.90. The van der Waals surface area contributed by atoms with Gasteiger partial charge in [0.2, 0.25) is 6.41 Å². The maximum Gasteiger partial charge on any atom is 0.322 e. The predicted octanol–water partition coefficient (Wildman–Crippen LogP) is 1.55. The molecule has 1 aromatic rings. The Morgan fingerprint density at radius 3 is 2.46 bits per heavy atom.